The highest BCUT2D eigenvalue weighted by Gasteiger charge is 2.23. The molecule has 2 rings (SSSR count). The van der Waals surface area contributed by atoms with Crippen LogP contribution < -0.4 is 0 Å². The lowest BCUT2D eigenvalue weighted by atomic mass is 10.1. The van der Waals surface area contributed by atoms with Crippen LogP contribution in [0.4, 0.5) is 0 Å². The topological polar surface area (TPSA) is 37.4 Å². The maximum atomic E-state index is 11.9. The number of ketones is 1. The van der Waals surface area contributed by atoms with Crippen LogP contribution in [0.2, 0.25) is 0 Å². The predicted octanol–water partition coefficient (Wildman–Crippen LogP) is 1.88. The zero-order chi connectivity index (χ0) is 11.4. The molecule has 0 spiro atoms. The van der Waals surface area contributed by atoms with Crippen molar-refractivity contribution in [3.8, 4) is 0 Å². The number of carbonyl (C=O) groups excluding carboxylic acids is 2. The molecule has 1 aliphatic heterocycles. The van der Waals surface area contributed by atoms with E-state index in [4.69, 9.17) is 0 Å². The van der Waals surface area contributed by atoms with Gasteiger partial charge in [-0.15, -0.1) is 0 Å². The summed E-state index contributed by atoms with van der Waals surface area (Å²) < 4.78 is 0. The van der Waals surface area contributed by atoms with Crippen LogP contribution in [0.3, 0.4) is 0 Å². The van der Waals surface area contributed by atoms with Gasteiger partial charge >= 0.3 is 0 Å². The molecule has 1 aromatic rings. The number of amides is 1. The van der Waals surface area contributed by atoms with E-state index in [0.717, 1.165) is 32.4 Å². The molecule has 0 aliphatic carbocycles. The third-order valence-electron chi connectivity index (χ3n) is 2.87. The summed E-state index contributed by atoms with van der Waals surface area (Å²) in [5.41, 5.74) is 0.484. The Morgan fingerprint density at radius 2 is 1.56 bits per heavy atom. The Labute approximate surface area is 95.1 Å². The Morgan fingerprint density at radius 3 is 2.19 bits per heavy atom. The molecule has 16 heavy (non-hydrogen) atoms. The van der Waals surface area contributed by atoms with Crippen molar-refractivity contribution in [3.05, 3.63) is 35.9 Å². The third kappa shape index (κ3) is 2.30. The van der Waals surface area contributed by atoms with Crippen LogP contribution >= 0.6 is 0 Å². The van der Waals surface area contributed by atoms with Gasteiger partial charge in [-0.1, -0.05) is 30.3 Å². The van der Waals surface area contributed by atoms with Crippen LogP contribution in [0.15, 0.2) is 30.3 Å². The summed E-state index contributed by atoms with van der Waals surface area (Å²) in [7, 11) is 0. The fourth-order valence-corrected chi connectivity index (χ4v) is 1.95. The SMILES string of the molecule is O=C(C(=O)N1CCCCC1)c1ccccc1. The Kier molecular flexibility index (Phi) is 3.34. The quantitative estimate of drug-likeness (QED) is 0.560. The van der Waals surface area contributed by atoms with Crippen LogP contribution in [0, 0.1) is 0 Å². The van der Waals surface area contributed by atoms with E-state index in [9.17, 15) is 9.59 Å². The van der Waals surface area contributed by atoms with Crippen molar-refractivity contribution in [3.63, 3.8) is 0 Å². The number of Topliss-reactive ketones (excluding diaryl/α,β-unsaturated/α-hetero) is 1. The molecule has 0 saturated carbocycles. The first-order valence-electron chi connectivity index (χ1n) is 5.67. The van der Waals surface area contributed by atoms with Gasteiger partial charge in [0.1, 0.15) is 0 Å². The second kappa shape index (κ2) is 4.92. The Morgan fingerprint density at radius 1 is 0.938 bits per heavy atom. The number of likely N-dealkylation sites (tertiary alicyclic amines) is 1. The highest BCUT2D eigenvalue weighted by molar-refractivity contribution is 6.42. The average Bonchev–Trinajstić information content (AvgIpc) is 2.39. The van der Waals surface area contributed by atoms with Crippen LogP contribution in [0.25, 0.3) is 0 Å². The highest BCUT2D eigenvalue weighted by atomic mass is 16.2. The summed E-state index contributed by atoms with van der Waals surface area (Å²) in [5, 5.41) is 0. The molecule has 1 amide bonds. The summed E-state index contributed by atoms with van der Waals surface area (Å²) in [4.78, 5) is 25.4. The molecule has 3 heteroatoms. The van der Waals surface area contributed by atoms with Gasteiger partial charge in [-0.3, -0.25) is 9.59 Å². The van der Waals surface area contributed by atoms with Gasteiger partial charge < -0.3 is 4.90 Å². The Bertz CT molecular complexity index is 380. The first-order valence-corrected chi connectivity index (χ1v) is 5.67. The van der Waals surface area contributed by atoms with Crippen molar-refractivity contribution < 1.29 is 9.59 Å². The summed E-state index contributed by atoms with van der Waals surface area (Å²) in [5.74, 6) is -0.742. The second-order valence-electron chi connectivity index (χ2n) is 4.05. The van der Waals surface area contributed by atoms with Crippen molar-refractivity contribution in [1.82, 2.24) is 4.90 Å². The van der Waals surface area contributed by atoms with E-state index in [2.05, 4.69) is 0 Å². The molecular formula is C13H15NO2. The smallest absolute Gasteiger partial charge is 0.294 e. The van der Waals surface area contributed by atoms with Crippen LogP contribution in [-0.4, -0.2) is 29.7 Å². The lowest BCUT2D eigenvalue weighted by molar-refractivity contribution is -0.127. The average molecular weight is 217 g/mol. The summed E-state index contributed by atoms with van der Waals surface area (Å²) >= 11 is 0. The molecule has 0 aromatic heterocycles. The molecule has 1 saturated heterocycles. The third-order valence-corrected chi connectivity index (χ3v) is 2.87. The van der Waals surface area contributed by atoms with E-state index in [1.54, 1.807) is 29.2 Å². The maximum Gasteiger partial charge on any atom is 0.294 e. The fraction of sp³-hybridized carbons (Fsp3) is 0.385. The second-order valence-corrected chi connectivity index (χ2v) is 4.05. The van der Waals surface area contributed by atoms with E-state index in [0.29, 0.717) is 5.56 Å². The first-order chi connectivity index (χ1) is 7.79. The van der Waals surface area contributed by atoms with Crippen LogP contribution in [0.5, 0.6) is 0 Å². The number of nitrogens with zero attached hydrogens (tertiary/aromatic N) is 1. The van der Waals surface area contributed by atoms with E-state index in [1.807, 2.05) is 6.07 Å². The summed E-state index contributed by atoms with van der Waals surface area (Å²) in [6, 6.07) is 8.75. The lowest BCUT2D eigenvalue weighted by Crippen LogP contribution is -2.40. The number of rotatable bonds is 2. The van der Waals surface area contributed by atoms with E-state index < -0.39 is 0 Å². The molecule has 0 N–H and O–H groups in total. The van der Waals surface area contributed by atoms with Gasteiger partial charge in [0.25, 0.3) is 5.91 Å². The lowest BCUT2D eigenvalue weighted by Gasteiger charge is -2.25. The Balaban J connectivity index is 2.07. The molecule has 0 radical (unpaired) electrons. The van der Waals surface area contributed by atoms with E-state index >= 15 is 0 Å². The molecule has 1 heterocycles. The predicted molar refractivity (Wildman–Crippen MR) is 61.2 cm³/mol. The standard InChI is InChI=1S/C13H15NO2/c15-12(11-7-3-1-4-8-11)13(16)14-9-5-2-6-10-14/h1,3-4,7-8H,2,5-6,9-10H2. The van der Waals surface area contributed by atoms with E-state index in [-0.39, 0.29) is 11.7 Å². The minimum absolute atomic E-state index is 0.356. The van der Waals surface area contributed by atoms with Gasteiger partial charge in [0, 0.05) is 18.7 Å². The number of hydrogen-bond acceptors (Lipinski definition) is 2. The first kappa shape index (κ1) is 10.9. The molecule has 1 fully saturated rings. The van der Waals surface area contributed by atoms with E-state index in [1.165, 1.54) is 0 Å². The van der Waals surface area contributed by atoms with Gasteiger partial charge in [-0.2, -0.15) is 0 Å². The van der Waals surface area contributed by atoms with Gasteiger partial charge in [0.2, 0.25) is 5.78 Å². The number of piperidine rings is 1. The minimum Gasteiger partial charge on any atom is -0.336 e. The molecule has 0 atom stereocenters. The number of benzene rings is 1. The zero-order valence-electron chi connectivity index (χ0n) is 9.19. The van der Waals surface area contributed by atoms with Crippen molar-refractivity contribution in [2.24, 2.45) is 0 Å². The molecule has 3 nitrogen and oxygen atoms in total. The van der Waals surface area contributed by atoms with Crippen molar-refractivity contribution >= 4 is 11.7 Å². The van der Waals surface area contributed by atoms with Gasteiger partial charge in [-0.25, -0.2) is 0 Å². The summed E-state index contributed by atoms with van der Waals surface area (Å²) in [6.45, 7) is 1.44. The maximum absolute atomic E-state index is 11.9. The Hall–Kier alpha value is -1.64. The molecule has 84 valence electrons. The molecule has 0 bridgehead atoms. The molecule has 0 unspecified atom stereocenters. The zero-order valence-corrected chi connectivity index (χ0v) is 9.19. The van der Waals surface area contributed by atoms with Crippen molar-refractivity contribution in [1.29, 1.82) is 0 Å². The van der Waals surface area contributed by atoms with Gasteiger partial charge in [0.05, 0.1) is 0 Å². The highest BCUT2D eigenvalue weighted by Crippen LogP contribution is 2.11. The largest absolute Gasteiger partial charge is 0.336 e. The van der Waals surface area contributed by atoms with Gasteiger partial charge in [-0.05, 0) is 19.3 Å². The van der Waals surface area contributed by atoms with Crippen molar-refractivity contribution in [2.45, 2.75) is 19.3 Å². The summed E-state index contributed by atoms with van der Waals surface area (Å²) in [6.07, 6.45) is 3.17. The van der Waals surface area contributed by atoms with Crippen molar-refractivity contribution in [2.75, 3.05) is 13.1 Å². The molecule has 1 aromatic carbocycles. The monoisotopic (exact) mass is 217 g/mol. The molecular weight excluding hydrogens is 202 g/mol. The number of hydrogen-bond donors (Lipinski definition) is 0. The molecule has 1 aliphatic rings. The fourth-order valence-electron chi connectivity index (χ4n) is 1.95. The normalized spacial score (nSPS) is 15.9. The number of carbonyl (C=O) groups is 2. The van der Waals surface area contributed by atoms with Crippen LogP contribution in [-0.2, 0) is 4.79 Å². The van der Waals surface area contributed by atoms with Gasteiger partial charge in [0.15, 0.2) is 0 Å². The van der Waals surface area contributed by atoms with Crippen LogP contribution in [0.1, 0.15) is 29.6 Å². The minimum atomic E-state index is -0.387.